The highest BCUT2D eigenvalue weighted by atomic mass is 79.9. The van der Waals surface area contributed by atoms with Crippen LogP contribution in [0.5, 0.6) is 11.5 Å². The van der Waals surface area contributed by atoms with Gasteiger partial charge in [-0.05, 0) is 29.3 Å². The van der Waals surface area contributed by atoms with E-state index in [1.165, 1.54) is 0 Å². The number of ether oxygens (including phenoxy) is 2. The Balaban J connectivity index is 2.42. The number of hydrogen-bond acceptors (Lipinski definition) is 2. The smallest absolute Gasteiger partial charge is 0.138 e. The fraction of sp³-hybridized carbons (Fsp3) is 0.200. The SMILES string of the molecule is COc1cccc(C(Br)c2cc(Cl)c(OC)cc2Cl)c1. The van der Waals surface area contributed by atoms with Crippen LogP contribution in [0.3, 0.4) is 0 Å². The number of halogens is 3. The molecule has 0 spiro atoms. The van der Waals surface area contributed by atoms with Gasteiger partial charge in [-0.2, -0.15) is 0 Å². The summed E-state index contributed by atoms with van der Waals surface area (Å²) in [6.45, 7) is 0. The first kappa shape index (κ1) is 15.5. The maximum Gasteiger partial charge on any atom is 0.138 e. The van der Waals surface area contributed by atoms with Crippen LogP contribution in [-0.4, -0.2) is 14.2 Å². The van der Waals surface area contributed by atoms with Crippen molar-refractivity contribution in [2.75, 3.05) is 14.2 Å². The van der Waals surface area contributed by atoms with E-state index >= 15 is 0 Å². The van der Waals surface area contributed by atoms with E-state index in [0.717, 1.165) is 16.9 Å². The van der Waals surface area contributed by atoms with Crippen molar-refractivity contribution in [3.8, 4) is 11.5 Å². The first-order valence-corrected chi connectivity index (χ1v) is 7.55. The minimum absolute atomic E-state index is 0.0755. The molecule has 20 heavy (non-hydrogen) atoms. The zero-order valence-electron chi connectivity index (χ0n) is 11.0. The van der Waals surface area contributed by atoms with E-state index in [2.05, 4.69) is 15.9 Å². The molecule has 0 saturated heterocycles. The van der Waals surface area contributed by atoms with Crippen LogP contribution in [0.4, 0.5) is 0 Å². The molecule has 0 aromatic heterocycles. The van der Waals surface area contributed by atoms with Crippen molar-refractivity contribution in [3.05, 3.63) is 57.6 Å². The summed E-state index contributed by atoms with van der Waals surface area (Å²) in [5.41, 5.74) is 1.92. The van der Waals surface area contributed by atoms with Crippen molar-refractivity contribution in [1.82, 2.24) is 0 Å². The molecule has 1 atom stereocenters. The van der Waals surface area contributed by atoms with Gasteiger partial charge in [-0.15, -0.1) is 0 Å². The lowest BCUT2D eigenvalue weighted by Gasteiger charge is -2.15. The molecular weight excluding hydrogens is 363 g/mol. The molecule has 0 aliphatic rings. The molecule has 5 heteroatoms. The second-order valence-electron chi connectivity index (χ2n) is 4.15. The van der Waals surface area contributed by atoms with Crippen molar-refractivity contribution >= 4 is 39.1 Å². The quantitative estimate of drug-likeness (QED) is 0.657. The normalized spacial score (nSPS) is 12.1. The summed E-state index contributed by atoms with van der Waals surface area (Å²) < 4.78 is 10.4. The molecule has 0 bridgehead atoms. The highest BCUT2D eigenvalue weighted by Crippen LogP contribution is 2.40. The van der Waals surface area contributed by atoms with Gasteiger partial charge >= 0.3 is 0 Å². The van der Waals surface area contributed by atoms with E-state index in [1.54, 1.807) is 20.3 Å². The van der Waals surface area contributed by atoms with Crippen LogP contribution in [0.15, 0.2) is 36.4 Å². The summed E-state index contributed by atoms with van der Waals surface area (Å²) in [6, 6.07) is 11.3. The van der Waals surface area contributed by atoms with E-state index in [-0.39, 0.29) is 4.83 Å². The second-order valence-corrected chi connectivity index (χ2v) is 5.88. The van der Waals surface area contributed by atoms with Gasteiger partial charge in [0.15, 0.2) is 0 Å². The fourth-order valence-corrected chi connectivity index (χ4v) is 3.18. The van der Waals surface area contributed by atoms with Gasteiger partial charge in [-0.25, -0.2) is 0 Å². The Morgan fingerprint density at radius 2 is 1.75 bits per heavy atom. The molecule has 0 radical (unpaired) electrons. The maximum atomic E-state index is 6.30. The third kappa shape index (κ3) is 3.22. The molecule has 2 aromatic carbocycles. The lowest BCUT2D eigenvalue weighted by molar-refractivity contribution is 0.414. The molecule has 0 fully saturated rings. The van der Waals surface area contributed by atoms with E-state index in [1.807, 2.05) is 30.3 Å². The van der Waals surface area contributed by atoms with Gasteiger partial charge < -0.3 is 9.47 Å². The largest absolute Gasteiger partial charge is 0.497 e. The minimum atomic E-state index is -0.0755. The zero-order valence-corrected chi connectivity index (χ0v) is 14.1. The maximum absolute atomic E-state index is 6.30. The highest BCUT2D eigenvalue weighted by molar-refractivity contribution is 9.09. The fourth-order valence-electron chi connectivity index (χ4n) is 1.87. The van der Waals surface area contributed by atoms with Gasteiger partial charge in [0.05, 0.1) is 24.1 Å². The summed E-state index contributed by atoms with van der Waals surface area (Å²) in [7, 11) is 3.20. The molecule has 1 unspecified atom stereocenters. The van der Waals surface area contributed by atoms with Crippen molar-refractivity contribution in [2.45, 2.75) is 4.83 Å². The van der Waals surface area contributed by atoms with Gasteiger partial charge in [-0.3, -0.25) is 0 Å². The summed E-state index contributed by atoms with van der Waals surface area (Å²) in [4.78, 5) is -0.0755. The molecule has 0 aliphatic heterocycles. The first-order valence-electron chi connectivity index (χ1n) is 5.87. The van der Waals surface area contributed by atoms with Crippen LogP contribution in [0.1, 0.15) is 16.0 Å². The van der Waals surface area contributed by atoms with E-state index in [4.69, 9.17) is 32.7 Å². The van der Waals surface area contributed by atoms with Gasteiger partial charge in [0.1, 0.15) is 11.5 Å². The van der Waals surface area contributed by atoms with Crippen LogP contribution >= 0.6 is 39.1 Å². The molecule has 106 valence electrons. The third-order valence-corrected chi connectivity index (χ3v) is 4.58. The van der Waals surface area contributed by atoms with Crippen LogP contribution in [0.25, 0.3) is 0 Å². The summed E-state index contributed by atoms with van der Waals surface area (Å²) in [5, 5.41) is 1.12. The van der Waals surface area contributed by atoms with E-state index in [9.17, 15) is 0 Å². The van der Waals surface area contributed by atoms with E-state index in [0.29, 0.717) is 15.8 Å². The Labute approximate surface area is 136 Å². The van der Waals surface area contributed by atoms with Gasteiger partial charge in [-0.1, -0.05) is 51.3 Å². The molecule has 2 nitrogen and oxygen atoms in total. The number of benzene rings is 2. The third-order valence-electron chi connectivity index (χ3n) is 2.93. The van der Waals surface area contributed by atoms with Gasteiger partial charge in [0.25, 0.3) is 0 Å². The van der Waals surface area contributed by atoms with Crippen molar-refractivity contribution in [1.29, 1.82) is 0 Å². The number of methoxy groups -OCH3 is 2. The van der Waals surface area contributed by atoms with Crippen LogP contribution in [0.2, 0.25) is 10.0 Å². The summed E-state index contributed by atoms with van der Waals surface area (Å²) in [6.07, 6.45) is 0. The second kappa shape index (κ2) is 6.70. The Kier molecular flexibility index (Phi) is 5.19. The number of alkyl halides is 1. The molecule has 0 heterocycles. The molecule has 0 amide bonds. The molecule has 0 N–H and O–H groups in total. The zero-order chi connectivity index (χ0) is 14.7. The molecular formula is C15H13BrCl2O2. The van der Waals surface area contributed by atoms with E-state index < -0.39 is 0 Å². The van der Waals surface area contributed by atoms with Crippen LogP contribution in [0, 0.1) is 0 Å². The van der Waals surface area contributed by atoms with Crippen LogP contribution in [-0.2, 0) is 0 Å². The predicted molar refractivity (Wildman–Crippen MR) is 86.8 cm³/mol. The topological polar surface area (TPSA) is 18.5 Å². The average molecular weight is 376 g/mol. The number of rotatable bonds is 4. The summed E-state index contributed by atoms with van der Waals surface area (Å²) in [5.74, 6) is 1.36. The Morgan fingerprint density at radius 3 is 2.40 bits per heavy atom. The first-order chi connectivity index (χ1) is 9.56. The van der Waals surface area contributed by atoms with Gasteiger partial charge in [0, 0.05) is 11.1 Å². The highest BCUT2D eigenvalue weighted by Gasteiger charge is 2.17. The molecule has 2 rings (SSSR count). The lowest BCUT2D eigenvalue weighted by atomic mass is 10.0. The summed E-state index contributed by atoms with van der Waals surface area (Å²) >= 11 is 16.1. The predicted octanol–water partition coefficient (Wildman–Crippen LogP) is 5.49. The Morgan fingerprint density at radius 1 is 1.00 bits per heavy atom. The molecule has 0 aliphatic carbocycles. The average Bonchev–Trinajstić information content (AvgIpc) is 2.48. The minimum Gasteiger partial charge on any atom is -0.497 e. The monoisotopic (exact) mass is 374 g/mol. The molecule has 0 saturated carbocycles. The lowest BCUT2D eigenvalue weighted by Crippen LogP contribution is -1.96. The Bertz CT molecular complexity index is 617. The standard InChI is InChI=1S/C15H13BrCl2O2/c1-19-10-5-3-4-9(6-10)15(16)11-7-13(18)14(20-2)8-12(11)17/h3-8,15H,1-2H3. The van der Waals surface area contributed by atoms with Crippen LogP contribution < -0.4 is 9.47 Å². The number of hydrogen-bond donors (Lipinski definition) is 0. The van der Waals surface area contributed by atoms with Crippen molar-refractivity contribution in [3.63, 3.8) is 0 Å². The van der Waals surface area contributed by atoms with Gasteiger partial charge in [0.2, 0.25) is 0 Å². The molecule has 2 aromatic rings. The van der Waals surface area contributed by atoms with Crippen molar-refractivity contribution in [2.24, 2.45) is 0 Å². The Hall–Kier alpha value is -0.900. The van der Waals surface area contributed by atoms with Crippen molar-refractivity contribution < 1.29 is 9.47 Å².